The summed E-state index contributed by atoms with van der Waals surface area (Å²) in [6.45, 7) is 5.39. The molecule has 0 aliphatic heterocycles. The van der Waals surface area contributed by atoms with Crippen molar-refractivity contribution in [1.29, 1.82) is 0 Å². The number of hydrogen-bond acceptors (Lipinski definition) is 7. The van der Waals surface area contributed by atoms with Crippen molar-refractivity contribution in [1.82, 2.24) is 10.2 Å². The van der Waals surface area contributed by atoms with Gasteiger partial charge in [0.05, 0.1) is 7.11 Å². The molecule has 0 amide bonds. The summed E-state index contributed by atoms with van der Waals surface area (Å²) < 4.78 is 21.6. The smallest absolute Gasteiger partial charge is 0.344 e. The highest BCUT2D eigenvalue weighted by molar-refractivity contribution is 5.71. The third-order valence-corrected chi connectivity index (χ3v) is 4.33. The Bertz CT molecular complexity index is 950. The van der Waals surface area contributed by atoms with Crippen LogP contribution in [0.1, 0.15) is 30.0 Å². The summed E-state index contributed by atoms with van der Waals surface area (Å²) in [5, 5.41) is 7.97. The van der Waals surface area contributed by atoms with E-state index in [0.717, 1.165) is 22.4 Å². The van der Waals surface area contributed by atoms with Crippen LogP contribution in [0.3, 0.4) is 0 Å². The number of aromatic nitrogens is 2. The van der Waals surface area contributed by atoms with Gasteiger partial charge in [0.15, 0.2) is 12.7 Å². The SMILES string of the molecule is COc1ccc(-c2nnc([C@@H](C)OC(=O)COc3cccc(C)c3C)o2)cc1. The third kappa shape index (κ3) is 4.49. The van der Waals surface area contributed by atoms with Crippen molar-refractivity contribution in [3.05, 3.63) is 59.5 Å². The van der Waals surface area contributed by atoms with Crippen LogP contribution in [0.25, 0.3) is 11.5 Å². The van der Waals surface area contributed by atoms with Gasteiger partial charge in [-0.3, -0.25) is 0 Å². The molecule has 1 heterocycles. The first-order chi connectivity index (χ1) is 13.5. The fourth-order valence-electron chi connectivity index (χ4n) is 2.55. The molecule has 0 saturated heterocycles. The second kappa shape index (κ2) is 8.56. The minimum Gasteiger partial charge on any atom is -0.497 e. The van der Waals surface area contributed by atoms with Gasteiger partial charge in [-0.2, -0.15) is 0 Å². The fourth-order valence-corrected chi connectivity index (χ4v) is 2.55. The van der Waals surface area contributed by atoms with Crippen LogP contribution in [0.5, 0.6) is 11.5 Å². The highest BCUT2D eigenvalue weighted by Gasteiger charge is 2.19. The van der Waals surface area contributed by atoms with Gasteiger partial charge in [0.1, 0.15) is 11.5 Å². The maximum Gasteiger partial charge on any atom is 0.344 e. The van der Waals surface area contributed by atoms with Gasteiger partial charge in [0, 0.05) is 5.56 Å². The summed E-state index contributed by atoms with van der Waals surface area (Å²) >= 11 is 0. The molecule has 3 aromatic rings. The highest BCUT2D eigenvalue weighted by Crippen LogP contribution is 2.25. The molecule has 7 heteroatoms. The normalized spacial score (nSPS) is 11.7. The van der Waals surface area contributed by atoms with Crippen molar-refractivity contribution >= 4 is 5.97 Å². The second-order valence-electron chi connectivity index (χ2n) is 6.29. The van der Waals surface area contributed by atoms with Crippen molar-refractivity contribution in [2.45, 2.75) is 26.9 Å². The number of rotatable bonds is 7. The number of methoxy groups -OCH3 is 1. The fraction of sp³-hybridized carbons (Fsp3) is 0.286. The first kappa shape index (κ1) is 19.4. The summed E-state index contributed by atoms with van der Waals surface area (Å²) in [5.41, 5.74) is 2.83. The quantitative estimate of drug-likeness (QED) is 0.570. The van der Waals surface area contributed by atoms with Crippen LogP contribution >= 0.6 is 0 Å². The van der Waals surface area contributed by atoms with Crippen molar-refractivity contribution in [2.24, 2.45) is 0 Å². The maximum absolute atomic E-state index is 12.1. The van der Waals surface area contributed by atoms with E-state index in [1.165, 1.54) is 0 Å². The number of ether oxygens (including phenoxy) is 3. The Morgan fingerprint density at radius 3 is 2.57 bits per heavy atom. The zero-order valence-electron chi connectivity index (χ0n) is 16.3. The lowest BCUT2D eigenvalue weighted by Crippen LogP contribution is -2.17. The monoisotopic (exact) mass is 382 g/mol. The van der Waals surface area contributed by atoms with Crippen LogP contribution in [-0.2, 0) is 9.53 Å². The van der Waals surface area contributed by atoms with Gasteiger partial charge in [-0.05, 0) is 62.2 Å². The first-order valence-electron chi connectivity index (χ1n) is 8.84. The summed E-state index contributed by atoms with van der Waals surface area (Å²) in [7, 11) is 1.60. The number of benzene rings is 2. The lowest BCUT2D eigenvalue weighted by molar-refractivity contribution is -0.152. The molecule has 2 aromatic carbocycles. The molecular formula is C21H22N2O5. The van der Waals surface area contributed by atoms with Crippen molar-refractivity contribution < 1.29 is 23.4 Å². The Morgan fingerprint density at radius 1 is 1.11 bits per heavy atom. The van der Waals surface area contributed by atoms with Crippen molar-refractivity contribution in [2.75, 3.05) is 13.7 Å². The number of carbonyl (C=O) groups is 1. The Hall–Kier alpha value is -3.35. The summed E-state index contributed by atoms with van der Waals surface area (Å²) in [6.07, 6.45) is -0.686. The summed E-state index contributed by atoms with van der Waals surface area (Å²) in [6, 6.07) is 12.9. The molecule has 0 bridgehead atoms. The predicted octanol–water partition coefficient (Wildman–Crippen LogP) is 4.05. The van der Waals surface area contributed by atoms with Gasteiger partial charge in [-0.1, -0.05) is 12.1 Å². The third-order valence-electron chi connectivity index (χ3n) is 4.33. The average Bonchev–Trinajstić information content (AvgIpc) is 3.19. The second-order valence-corrected chi connectivity index (χ2v) is 6.29. The number of nitrogens with zero attached hydrogens (tertiary/aromatic N) is 2. The van der Waals surface area contributed by atoms with Gasteiger partial charge in [0.2, 0.25) is 5.89 Å². The zero-order valence-corrected chi connectivity index (χ0v) is 16.3. The van der Waals surface area contributed by atoms with E-state index in [4.69, 9.17) is 18.6 Å². The van der Waals surface area contributed by atoms with Crippen LogP contribution in [0.2, 0.25) is 0 Å². The van der Waals surface area contributed by atoms with Gasteiger partial charge in [-0.25, -0.2) is 4.79 Å². The largest absolute Gasteiger partial charge is 0.497 e. The van der Waals surface area contributed by atoms with Crippen molar-refractivity contribution in [3.8, 4) is 23.0 Å². The lowest BCUT2D eigenvalue weighted by Gasteiger charge is -2.12. The van der Waals surface area contributed by atoms with Gasteiger partial charge in [-0.15, -0.1) is 10.2 Å². The summed E-state index contributed by atoms with van der Waals surface area (Å²) in [5.74, 6) is 1.43. The maximum atomic E-state index is 12.1. The number of hydrogen-bond donors (Lipinski definition) is 0. The molecule has 0 spiro atoms. The Balaban J connectivity index is 1.58. The summed E-state index contributed by atoms with van der Waals surface area (Å²) in [4.78, 5) is 12.1. The molecule has 0 fully saturated rings. The van der Waals surface area contributed by atoms with E-state index in [1.54, 1.807) is 26.2 Å². The van der Waals surface area contributed by atoms with E-state index in [-0.39, 0.29) is 12.5 Å². The van der Waals surface area contributed by atoms with Gasteiger partial charge >= 0.3 is 5.97 Å². The molecule has 28 heavy (non-hydrogen) atoms. The molecule has 0 saturated carbocycles. The number of aryl methyl sites for hydroxylation is 1. The zero-order chi connectivity index (χ0) is 20.1. The van der Waals surface area contributed by atoms with Crippen LogP contribution in [0.15, 0.2) is 46.9 Å². The molecule has 0 aliphatic carbocycles. The van der Waals surface area contributed by atoms with E-state index in [0.29, 0.717) is 11.6 Å². The standard InChI is InChI=1S/C21H22N2O5/c1-13-6-5-7-18(14(13)2)26-12-19(24)27-15(3)20-22-23-21(28-20)16-8-10-17(25-4)11-9-16/h5-11,15H,12H2,1-4H3/t15-/m1/s1. The van der Waals surface area contributed by atoms with Gasteiger partial charge in [0.25, 0.3) is 5.89 Å². The van der Waals surface area contributed by atoms with Crippen LogP contribution < -0.4 is 9.47 Å². The molecule has 146 valence electrons. The highest BCUT2D eigenvalue weighted by atomic mass is 16.6. The van der Waals surface area contributed by atoms with E-state index in [1.807, 2.05) is 44.2 Å². The minimum atomic E-state index is -0.686. The molecular weight excluding hydrogens is 360 g/mol. The minimum absolute atomic E-state index is 0.200. The Labute approximate surface area is 163 Å². The molecule has 1 atom stereocenters. The molecule has 0 radical (unpaired) electrons. The molecule has 0 aliphatic rings. The first-order valence-corrected chi connectivity index (χ1v) is 8.84. The van der Waals surface area contributed by atoms with E-state index < -0.39 is 12.1 Å². The molecule has 0 N–H and O–H groups in total. The Morgan fingerprint density at radius 2 is 1.86 bits per heavy atom. The molecule has 0 unspecified atom stereocenters. The lowest BCUT2D eigenvalue weighted by atomic mass is 10.1. The van der Waals surface area contributed by atoms with E-state index >= 15 is 0 Å². The predicted molar refractivity (Wildman–Crippen MR) is 102 cm³/mol. The van der Waals surface area contributed by atoms with E-state index in [9.17, 15) is 4.79 Å². The topological polar surface area (TPSA) is 83.7 Å². The van der Waals surface area contributed by atoms with Crippen LogP contribution in [0.4, 0.5) is 0 Å². The Kier molecular flexibility index (Phi) is 5.93. The van der Waals surface area contributed by atoms with Crippen LogP contribution in [0, 0.1) is 13.8 Å². The number of carbonyl (C=O) groups excluding carboxylic acids is 1. The molecule has 3 rings (SSSR count). The molecule has 1 aromatic heterocycles. The number of esters is 1. The van der Waals surface area contributed by atoms with Crippen LogP contribution in [-0.4, -0.2) is 29.9 Å². The average molecular weight is 382 g/mol. The van der Waals surface area contributed by atoms with Gasteiger partial charge < -0.3 is 18.6 Å². The van der Waals surface area contributed by atoms with E-state index in [2.05, 4.69) is 10.2 Å². The van der Waals surface area contributed by atoms with Crippen molar-refractivity contribution in [3.63, 3.8) is 0 Å². The molecule has 7 nitrogen and oxygen atoms in total.